The molecule has 0 radical (unpaired) electrons. The van der Waals surface area contributed by atoms with Gasteiger partial charge in [0.1, 0.15) is 5.03 Å². The van der Waals surface area contributed by atoms with Gasteiger partial charge in [-0.2, -0.15) is 4.31 Å². The molecule has 3 rings (SSSR count). The van der Waals surface area contributed by atoms with Crippen LogP contribution < -0.4 is 0 Å². The van der Waals surface area contributed by atoms with E-state index >= 15 is 0 Å². The van der Waals surface area contributed by atoms with E-state index in [-0.39, 0.29) is 19.0 Å². The number of carbonyl (C=O) groups is 1. The second kappa shape index (κ2) is 8.69. The van der Waals surface area contributed by atoms with Crippen molar-refractivity contribution in [1.29, 1.82) is 0 Å². The molecule has 1 aliphatic rings. The SMILES string of the molecule is CSc1ncccc1C(=O)N1CCN(S(=O)(=O)c2c(C)c(C)c(C)c(C)c2C)CC1. The summed E-state index contributed by atoms with van der Waals surface area (Å²) in [6.45, 7) is 11.1. The zero-order valence-electron chi connectivity index (χ0n) is 18.4. The number of sulfonamides is 1. The Morgan fingerprint density at radius 3 is 2.00 bits per heavy atom. The van der Waals surface area contributed by atoms with E-state index in [0.717, 1.165) is 27.8 Å². The number of amides is 1. The van der Waals surface area contributed by atoms with E-state index in [9.17, 15) is 13.2 Å². The van der Waals surface area contributed by atoms with Crippen molar-refractivity contribution in [2.75, 3.05) is 32.4 Å². The van der Waals surface area contributed by atoms with Gasteiger partial charge >= 0.3 is 0 Å². The number of benzene rings is 1. The number of nitrogens with zero attached hydrogens (tertiary/aromatic N) is 3. The fraction of sp³-hybridized carbons (Fsp3) is 0.455. The lowest BCUT2D eigenvalue weighted by Crippen LogP contribution is -2.50. The normalized spacial score (nSPS) is 15.5. The molecule has 1 aromatic carbocycles. The first kappa shape index (κ1) is 22.8. The molecule has 0 spiro atoms. The topological polar surface area (TPSA) is 70.6 Å². The Labute approximate surface area is 183 Å². The van der Waals surface area contributed by atoms with Gasteiger partial charge in [0.25, 0.3) is 5.91 Å². The molecular weight excluding hydrogens is 418 g/mol. The number of hydrogen-bond acceptors (Lipinski definition) is 5. The fourth-order valence-corrected chi connectivity index (χ4v) is 6.52. The molecule has 0 bridgehead atoms. The van der Waals surface area contributed by atoms with Crippen LogP contribution in [0.25, 0.3) is 0 Å². The highest BCUT2D eigenvalue weighted by Crippen LogP contribution is 2.32. The standard InChI is InChI=1S/C22H29N3O3S2/c1-14-15(2)17(4)20(18(5)16(14)3)30(27,28)25-12-10-24(11-13-25)22(26)19-8-7-9-23-21(19)29-6/h7-9H,10-13H2,1-6H3. The van der Waals surface area contributed by atoms with E-state index in [0.29, 0.717) is 28.6 Å². The van der Waals surface area contributed by atoms with Gasteiger partial charge in [0, 0.05) is 32.4 Å². The molecule has 1 aromatic heterocycles. The molecule has 0 unspecified atom stereocenters. The molecule has 0 saturated carbocycles. The molecule has 1 amide bonds. The number of carbonyl (C=O) groups excluding carboxylic acids is 1. The summed E-state index contributed by atoms with van der Waals surface area (Å²) in [4.78, 5) is 19.3. The lowest BCUT2D eigenvalue weighted by molar-refractivity contribution is 0.0693. The number of thioether (sulfide) groups is 1. The second-order valence-electron chi connectivity index (χ2n) is 7.71. The molecule has 2 heterocycles. The summed E-state index contributed by atoms with van der Waals surface area (Å²) in [7, 11) is -3.63. The lowest BCUT2D eigenvalue weighted by Gasteiger charge is -2.35. The zero-order chi connectivity index (χ0) is 22.2. The lowest BCUT2D eigenvalue weighted by atomic mass is 9.95. The van der Waals surface area contributed by atoms with E-state index in [2.05, 4.69) is 4.98 Å². The average Bonchev–Trinajstić information content (AvgIpc) is 2.75. The van der Waals surface area contributed by atoms with Crippen molar-refractivity contribution < 1.29 is 13.2 Å². The van der Waals surface area contributed by atoms with E-state index in [1.165, 1.54) is 16.1 Å². The molecule has 2 aromatic rings. The van der Waals surface area contributed by atoms with Crippen molar-refractivity contribution in [3.63, 3.8) is 0 Å². The van der Waals surface area contributed by atoms with Gasteiger partial charge in [-0.3, -0.25) is 4.79 Å². The van der Waals surface area contributed by atoms with E-state index in [4.69, 9.17) is 0 Å². The van der Waals surface area contributed by atoms with E-state index < -0.39 is 10.0 Å². The number of hydrogen-bond donors (Lipinski definition) is 0. The summed E-state index contributed by atoms with van der Waals surface area (Å²) in [6, 6.07) is 3.52. The third-order valence-electron chi connectivity index (χ3n) is 6.25. The second-order valence-corrected chi connectivity index (χ2v) is 10.4. The summed E-state index contributed by atoms with van der Waals surface area (Å²) < 4.78 is 28.5. The Morgan fingerprint density at radius 2 is 1.47 bits per heavy atom. The number of pyridine rings is 1. The van der Waals surface area contributed by atoms with Gasteiger partial charge < -0.3 is 4.90 Å². The minimum absolute atomic E-state index is 0.0983. The van der Waals surface area contributed by atoms with Crippen molar-refractivity contribution in [2.45, 2.75) is 44.5 Å². The maximum atomic E-state index is 13.5. The molecule has 1 aliphatic heterocycles. The summed E-state index contributed by atoms with van der Waals surface area (Å²) in [6.07, 6.45) is 3.56. The van der Waals surface area contributed by atoms with Crippen LogP contribution in [-0.2, 0) is 10.0 Å². The van der Waals surface area contributed by atoms with Crippen LogP contribution >= 0.6 is 11.8 Å². The van der Waals surface area contributed by atoms with Gasteiger partial charge in [-0.1, -0.05) is 0 Å². The smallest absolute Gasteiger partial charge is 0.256 e. The van der Waals surface area contributed by atoms with Crippen LogP contribution in [0.1, 0.15) is 38.2 Å². The van der Waals surface area contributed by atoms with E-state index in [1.54, 1.807) is 23.2 Å². The summed E-state index contributed by atoms with van der Waals surface area (Å²) in [5.74, 6) is -0.0983. The van der Waals surface area contributed by atoms with Crippen molar-refractivity contribution in [3.8, 4) is 0 Å². The van der Waals surface area contributed by atoms with Crippen LogP contribution in [0.2, 0.25) is 0 Å². The van der Waals surface area contributed by atoms with E-state index in [1.807, 2.05) is 40.9 Å². The Kier molecular flexibility index (Phi) is 6.60. The molecule has 0 N–H and O–H groups in total. The Bertz CT molecular complexity index is 1060. The van der Waals surface area contributed by atoms with Crippen LogP contribution in [0, 0.1) is 34.6 Å². The Hall–Kier alpha value is -1.90. The van der Waals surface area contributed by atoms with Crippen molar-refractivity contribution in [1.82, 2.24) is 14.2 Å². The van der Waals surface area contributed by atoms with Crippen LogP contribution in [0.5, 0.6) is 0 Å². The van der Waals surface area contributed by atoms with Gasteiger partial charge in [0.05, 0.1) is 10.5 Å². The monoisotopic (exact) mass is 447 g/mol. The summed E-state index contributed by atoms with van der Waals surface area (Å²) >= 11 is 1.43. The fourth-order valence-electron chi connectivity index (χ4n) is 4.00. The predicted molar refractivity (Wildman–Crippen MR) is 121 cm³/mol. The average molecular weight is 448 g/mol. The first-order chi connectivity index (χ1) is 14.1. The van der Waals surface area contributed by atoms with Gasteiger partial charge in [-0.05, 0) is 80.8 Å². The van der Waals surface area contributed by atoms with Crippen molar-refractivity contribution in [2.24, 2.45) is 0 Å². The highest BCUT2D eigenvalue weighted by molar-refractivity contribution is 7.98. The van der Waals surface area contributed by atoms with Crippen LogP contribution in [0.4, 0.5) is 0 Å². The van der Waals surface area contributed by atoms with Crippen LogP contribution in [-0.4, -0.2) is 60.9 Å². The summed E-state index contributed by atoms with van der Waals surface area (Å²) in [5, 5.41) is 0.689. The molecular formula is C22H29N3O3S2. The predicted octanol–water partition coefficient (Wildman–Crippen LogP) is 3.49. The minimum Gasteiger partial charge on any atom is -0.336 e. The maximum absolute atomic E-state index is 13.5. The maximum Gasteiger partial charge on any atom is 0.256 e. The summed E-state index contributed by atoms with van der Waals surface area (Å²) in [5.41, 5.74) is 5.37. The molecule has 1 fully saturated rings. The molecule has 6 nitrogen and oxygen atoms in total. The van der Waals surface area contributed by atoms with Crippen molar-refractivity contribution in [3.05, 3.63) is 51.7 Å². The molecule has 30 heavy (non-hydrogen) atoms. The van der Waals surface area contributed by atoms with Crippen molar-refractivity contribution >= 4 is 27.7 Å². The third kappa shape index (κ3) is 3.88. The molecule has 162 valence electrons. The van der Waals surface area contributed by atoms with Gasteiger partial charge in [-0.15, -0.1) is 11.8 Å². The Balaban J connectivity index is 1.84. The number of piperazine rings is 1. The van der Waals surface area contributed by atoms with Gasteiger partial charge in [-0.25, -0.2) is 13.4 Å². The van der Waals surface area contributed by atoms with Gasteiger partial charge in [0.2, 0.25) is 10.0 Å². The first-order valence-corrected chi connectivity index (χ1v) is 12.6. The largest absolute Gasteiger partial charge is 0.336 e. The molecule has 0 atom stereocenters. The number of aromatic nitrogens is 1. The molecule has 0 aliphatic carbocycles. The number of rotatable bonds is 4. The third-order valence-corrected chi connectivity index (χ3v) is 9.14. The highest BCUT2D eigenvalue weighted by Gasteiger charge is 2.34. The molecule has 1 saturated heterocycles. The highest BCUT2D eigenvalue weighted by atomic mass is 32.2. The minimum atomic E-state index is -3.63. The van der Waals surface area contributed by atoms with Crippen LogP contribution in [0.15, 0.2) is 28.3 Å². The quantitative estimate of drug-likeness (QED) is 0.671. The molecule has 8 heteroatoms. The zero-order valence-corrected chi connectivity index (χ0v) is 20.1. The van der Waals surface area contributed by atoms with Crippen LogP contribution in [0.3, 0.4) is 0 Å². The first-order valence-electron chi connectivity index (χ1n) is 9.96. The Morgan fingerprint density at radius 1 is 0.933 bits per heavy atom. The van der Waals surface area contributed by atoms with Gasteiger partial charge in [0.15, 0.2) is 0 Å².